The summed E-state index contributed by atoms with van der Waals surface area (Å²) in [5.74, 6) is 0. The van der Waals surface area contributed by atoms with Gasteiger partial charge in [-0.05, 0) is 12.9 Å². The van der Waals surface area contributed by atoms with E-state index in [2.05, 4.69) is 17.0 Å². The number of rotatable bonds is 2. The highest BCUT2D eigenvalue weighted by atomic mass is 32.1. The number of hydrogen-bond donors (Lipinski definition) is 1. The molecule has 0 aliphatic heterocycles. The molecule has 0 bridgehead atoms. The Morgan fingerprint density at radius 3 is 2.60 bits per heavy atom. The van der Waals surface area contributed by atoms with Crippen molar-refractivity contribution in [2.24, 2.45) is 0 Å². The minimum atomic E-state index is 0.920. The lowest BCUT2D eigenvalue weighted by Gasteiger charge is -1.78. The Morgan fingerprint density at radius 1 is 2.00 bits per heavy atom. The third-order valence-electron chi connectivity index (χ3n) is 0.241. The Balaban J connectivity index is 2.19. The van der Waals surface area contributed by atoms with E-state index < -0.39 is 0 Å². The van der Waals surface area contributed by atoms with Crippen molar-refractivity contribution in [2.75, 3.05) is 0 Å². The first-order chi connectivity index (χ1) is 2.41. The Kier molecular flexibility index (Phi) is 4.70. The summed E-state index contributed by atoms with van der Waals surface area (Å²) in [5, 5.41) is 0. The molecule has 3 heteroatoms. The van der Waals surface area contributed by atoms with E-state index in [1.165, 1.54) is 0 Å². The molecule has 29 valence electrons. The summed E-state index contributed by atoms with van der Waals surface area (Å²) in [6.45, 7) is 1.98. The second kappa shape index (κ2) is 4.37. The van der Waals surface area contributed by atoms with Crippen LogP contribution in [0.2, 0.25) is 6.32 Å². The van der Waals surface area contributed by atoms with Gasteiger partial charge in [-0.2, -0.15) is 0 Å². The normalized spacial score (nSPS) is 7.60. The van der Waals surface area contributed by atoms with Crippen molar-refractivity contribution in [2.45, 2.75) is 13.2 Å². The third kappa shape index (κ3) is 4.37. The highest BCUT2D eigenvalue weighted by Crippen LogP contribution is 1.77. The molecule has 0 aromatic carbocycles. The second-order valence-electron chi connectivity index (χ2n) is 0.680. The first kappa shape index (κ1) is 5.37. The summed E-state index contributed by atoms with van der Waals surface area (Å²) in [7, 11) is 1.61. The first-order valence-electron chi connectivity index (χ1n) is 1.53. The molecular weight excluding hydrogens is 82.9 g/mol. The molecule has 0 N–H and O–H groups in total. The SMILES string of the molecule is CC[B]OS. The van der Waals surface area contributed by atoms with Crippen LogP contribution in [0.3, 0.4) is 0 Å². The first-order valence-corrected chi connectivity index (χ1v) is 1.90. The second-order valence-corrected chi connectivity index (χ2v) is 0.891. The molecule has 0 aromatic rings. The van der Waals surface area contributed by atoms with Crippen LogP contribution >= 0.6 is 12.9 Å². The number of thiol groups is 1. The smallest absolute Gasteiger partial charge is 0.312 e. The van der Waals surface area contributed by atoms with Gasteiger partial charge in [-0.1, -0.05) is 13.2 Å². The fraction of sp³-hybridized carbons (Fsp3) is 1.00. The summed E-state index contributed by atoms with van der Waals surface area (Å²) in [4.78, 5) is 0. The van der Waals surface area contributed by atoms with E-state index in [0.29, 0.717) is 0 Å². The van der Waals surface area contributed by atoms with Crippen LogP contribution in [-0.4, -0.2) is 7.48 Å². The molecule has 0 unspecified atom stereocenters. The topological polar surface area (TPSA) is 9.23 Å². The maximum atomic E-state index is 4.26. The van der Waals surface area contributed by atoms with Crippen LogP contribution in [-0.2, 0) is 4.10 Å². The molecule has 0 rings (SSSR count). The van der Waals surface area contributed by atoms with Gasteiger partial charge in [-0.15, -0.1) is 0 Å². The average Bonchev–Trinajstić information content (AvgIpc) is 1.41. The van der Waals surface area contributed by atoms with E-state index in [0.717, 1.165) is 6.32 Å². The van der Waals surface area contributed by atoms with E-state index >= 15 is 0 Å². The summed E-state index contributed by atoms with van der Waals surface area (Å²) >= 11 is 3.45. The Morgan fingerprint density at radius 2 is 2.60 bits per heavy atom. The van der Waals surface area contributed by atoms with E-state index in [1.807, 2.05) is 6.92 Å². The van der Waals surface area contributed by atoms with Crippen LogP contribution in [0.25, 0.3) is 0 Å². The van der Waals surface area contributed by atoms with E-state index in [1.54, 1.807) is 7.48 Å². The molecule has 0 heterocycles. The molecule has 0 aliphatic rings. The lowest BCUT2D eigenvalue weighted by Crippen LogP contribution is -1.80. The van der Waals surface area contributed by atoms with Crippen molar-refractivity contribution in [1.82, 2.24) is 0 Å². The van der Waals surface area contributed by atoms with Crippen molar-refractivity contribution >= 4 is 20.4 Å². The standard InChI is InChI=1S/C2H6BOS/c1-2-3-4-5/h5H,2H2,1H3. The van der Waals surface area contributed by atoms with Gasteiger partial charge in [0.2, 0.25) is 0 Å². The predicted octanol–water partition coefficient (Wildman–Crippen LogP) is 0.905. The van der Waals surface area contributed by atoms with E-state index in [-0.39, 0.29) is 0 Å². The van der Waals surface area contributed by atoms with Crippen molar-refractivity contribution in [1.29, 1.82) is 0 Å². The van der Waals surface area contributed by atoms with Crippen LogP contribution in [0.1, 0.15) is 6.92 Å². The number of hydrogen-bond acceptors (Lipinski definition) is 2. The molecule has 0 fully saturated rings. The Labute approximate surface area is 38.6 Å². The zero-order valence-electron chi connectivity index (χ0n) is 3.14. The van der Waals surface area contributed by atoms with Gasteiger partial charge in [0.05, 0.1) is 0 Å². The quantitative estimate of drug-likeness (QED) is 0.300. The summed E-state index contributed by atoms with van der Waals surface area (Å²) < 4.78 is 4.26. The van der Waals surface area contributed by atoms with Gasteiger partial charge in [-0.3, -0.25) is 0 Å². The van der Waals surface area contributed by atoms with Crippen molar-refractivity contribution in [3.8, 4) is 0 Å². The molecule has 0 atom stereocenters. The fourth-order valence-corrected chi connectivity index (χ4v) is 0.224. The molecule has 1 radical (unpaired) electrons. The highest BCUT2D eigenvalue weighted by Gasteiger charge is 1.75. The molecule has 0 amide bonds. The average molecular weight is 88.9 g/mol. The maximum Gasteiger partial charge on any atom is 0.312 e. The lowest BCUT2D eigenvalue weighted by atomic mass is 9.99. The van der Waals surface area contributed by atoms with Gasteiger partial charge in [0.1, 0.15) is 0 Å². The van der Waals surface area contributed by atoms with Crippen LogP contribution in [0, 0.1) is 0 Å². The zero-order chi connectivity index (χ0) is 4.12. The molecular formula is C2H6BOS. The van der Waals surface area contributed by atoms with E-state index in [4.69, 9.17) is 0 Å². The maximum absolute atomic E-state index is 4.26. The van der Waals surface area contributed by atoms with Crippen LogP contribution in [0.4, 0.5) is 0 Å². The highest BCUT2D eigenvalue weighted by molar-refractivity contribution is 7.75. The van der Waals surface area contributed by atoms with E-state index in [9.17, 15) is 0 Å². The van der Waals surface area contributed by atoms with Crippen LogP contribution in [0.15, 0.2) is 0 Å². The Bertz CT molecular complexity index is 17.1. The van der Waals surface area contributed by atoms with Gasteiger partial charge in [0, 0.05) is 0 Å². The summed E-state index contributed by atoms with van der Waals surface area (Å²) in [6.07, 6.45) is 0.920. The fourth-order valence-electron chi connectivity index (χ4n) is 0.0745. The summed E-state index contributed by atoms with van der Waals surface area (Å²) in [6, 6.07) is 0. The van der Waals surface area contributed by atoms with Crippen LogP contribution < -0.4 is 0 Å². The molecule has 1 nitrogen and oxygen atoms in total. The van der Waals surface area contributed by atoms with Gasteiger partial charge in [0.25, 0.3) is 0 Å². The van der Waals surface area contributed by atoms with Gasteiger partial charge < -0.3 is 4.10 Å². The minimum Gasteiger partial charge on any atom is -0.385 e. The molecule has 0 saturated carbocycles. The predicted molar refractivity (Wildman–Crippen MR) is 26.3 cm³/mol. The largest absolute Gasteiger partial charge is 0.385 e. The van der Waals surface area contributed by atoms with Gasteiger partial charge >= 0.3 is 7.48 Å². The van der Waals surface area contributed by atoms with Crippen molar-refractivity contribution in [3.63, 3.8) is 0 Å². The van der Waals surface area contributed by atoms with Crippen molar-refractivity contribution < 1.29 is 4.10 Å². The van der Waals surface area contributed by atoms with Gasteiger partial charge in [-0.25, -0.2) is 0 Å². The molecule has 0 spiro atoms. The molecule has 0 saturated heterocycles. The third-order valence-corrected chi connectivity index (χ3v) is 0.390. The molecule has 0 aliphatic carbocycles. The summed E-state index contributed by atoms with van der Waals surface area (Å²) in [5.41, 5.74) is 0. The van der Waals surface area contributed by atoms with Crippen LogP contribution in [0.5, 0.6) is 0 Å². The molecule has 5 heavy (non-hydrogen) atoms. The Hall–Kier alpha value is 0.375. The monoisotopic (exact) mass is 89.0 g/mol. The minimum absolute atomic E-state index is 0.920. The zero-order valence-corrected chi connectivity index (χ0v) is 4.03. The van der Waals surface area contributed by atoms with Gasteiger partial charge in [0.15, 0.2) is 0 Å². The van der Waals surface area contributed by atoms with Crippen molar-refractivity contribution in [3.05, 3.63) is 0 Å². The lowest BCUT2D eigenvalue weighted by molar-refractivity contribution is 0.710. The molecule has 0 aromatic heterocycles.